The van der Waals surface area contributed by atoms with E-state index >= 15 is 0 Å². The van der Waals surface area contributed by atoms with Gasteiger partial charge in [-0.05, 0) is 77.6 Å². The molecule has 1 fully saturated rings. The maximum atomic E-state index is 3.50. The lowest BCUT2D eigenvalue weighted by atomic mass is 9.79. The van der Waals surface area contributed by atoms with E-state index in [4.69, 9.17) is 0 Å². The Labute approximate surface area is 141 Å². The molecule has 1 N–H and O–H groups in total. The topological polar surface area (TPSA) is 12.0 Å². The van der Waals surface area contributed by atoms with Crippen LogP contribution in [0, 0.1) is 10.5 Å². The van der Waals surface area contributed by atoms with Crippen molar-refractivity contribution < 1.29 is 0 Å². The van der Waals surface area contributed by atoms with Crippen molar-refractivity contribution in [2.75, 3.05) is 7.05 Å². The minimum atomic E-state index is 0.275. The molecule has 1 nitrogen and oxygen atoms in total. The van der Waals surface area contributed by atoms with Crippen LogP contribution in [0.5, 0.6) is 0 Å². The fourth-order valence-corrected chi connectivity index (χ4v) is 3.80. The number of hydrogen-bond acceptors (Lipinski definition) is 1. The van der Waals surface area contributed by atoms with Crippen LogP contribution in [0.1, 0.15) is 53.5 Å². The standard InChI is InChI=1S/C19H22IN/c1-13-6-3-11-17(18(13)20)19(21-2)16-10-5-9-15(12-16)14-7-4-8-14/h3,5-6,9-12,14,19,21H,4,7-8H2,1-2H3. The van der Waals surface area contributed by atoms with Gasteiger partial charge < -0.3 is 5.32 Å². The van der Waals surface area contributed by atoms with E-state index in [2.05, 4.69) is 84.3 Å². The van der Waals surface area contributed by atoms with Crippen LogP contribution in [-0.2, 0) is 0 Å². The Morgan fingerprint density at radius 1 is 1.14 bits per heavy atom. The van der Waals surface area contributed by atoms with Crippen molar-refractivity contribution in [3.63, 3.8) is 0 Å². The second-order valence-electron chi connectivity index (χ2n) is 6.00. The normalized spacial score (nSPS) is 16.5. The molecule has 0 aromatic heterocycles. The number of aryl methyl sites for hydroxylation is 1. The van der Waals surface area contributed by atoms with Crippen molar-refractivity contribution in [3.05, 3.63) is 68.3 Å². The van der Waals surface area contributed by atoms with Crippen molar-refractivity contribution >= 4 is 22.6 Å². The molecule has 1 unspecified atom stereocenters. The summed E-state index contributed by atoms with van der Waals surface area (Å²) in [5.74, 6) is 0.791. The lowest BCUT2D eigenvalue weighted by molar-refractivity contribution is 0.419. The van der Waals surface area contributed by atoms with Crippen molar-refractivity contribution in [2.24, 2.45) is 0 Å². The van der Waals surface area contributed by atoms with Crippen LogP contribution in [0.4, 0.5) is 0 Å². The minimum absolute atomic E-state index is 0.275. The van der Waals surface area contributed by atoms with E-state index < -0.39 is 0 Å². The highest BCUT2D eigenvalue weighted by atomic mass is 127. The summed E-state index contributed by atoms with van der Waals surface area (Å²) in [7, 11) is 2.05. The zero-order chi connectivity index (χ0) is 14.8. The Morgan fingerprint density at radius 2 is 1.90 bits per heavy atom. The molecule has 0 amide bonds. The molecule has 0 bridgehead atoms. The zero-order valence-electron chi connectivity index (χ0n) is 12.7. The zero-order valence-corrected chi connectivity index (χ0v) is 14.9. The van der Waals surface area contributed by atoms with E-state index in [9.17, 15) is 0 Å². The van der Waals surface area contributed by atoms with Gasteiger partial charge in [0.2, 0.25) is 0 Å². The fourth-order valence-electron chi connectivity index (χ4n) is 3.13. The molecule has 0 aliphatic heterocycles. The molecule has 2 aromatic rings. The lowest BCUT2D eigenvalue weighted by Gasteiger charge is -2.27. The van der Waals surface area contributed by atoms with E-state index in [1.807, 2.05) is 0 Å². The van der Waals surface area contributed by atoms with Crippen molar-refractivity contribution in [1.29, 1.82) is 0 Å². The van der Waals surface area contributed by atoms with E-state index in [0.29, 0.717) is 0 Å². The van der Waals surface area contributed by atoms with Crippen LogP contribution >= 0.6 is 22.6 Å². The molecule has 2 aromatic carbocycles. The Morgan fingerprint density at radius 3 is 2.57 bits per heavy atom. The summed E-state index contributed by atoms with van der Waals surface area (Å²) >= 11 is 2.47. The maximum absolute atomic E-state index is 3.50. The highest BCUT2D eigenvalue weighted by molar-refractivity contribution is 14.1. The second-order valence-corrected chi connectivity index (χ2v) is 7.08. The minimum Gasteiger partial charge on any atom is -0.309 e. The molecule has 0 spiro atoms. The SMILES string of the molecule is CNC(c1cccc(C2CCC2)c1)c1cccc(C)c1I. The first kappa shape index (κ1) is 15.0. The third kappa shape index (κ3) is 3.02. The van der Waals surface area contributed by atoms with Crippen LogP contribution < -0.4 is 5.32 Å². The highest BCUT2D eigenvalue weighted by Crippen LogP contribution is 2.37. The smallest absolute Gasteiger partial charge is 0.0584 e. The number of rotatable bonds is 4. The van der Waals surface area contributed by atoms with Gasteiger partial charge in [0.25, 0.3) is 0 Å². The number of nitrogens with one attached hydrogen (secondary N) is 1. The molecule has 3 rings (SSSR count). The first-order valence-electron chi connectivity index (χ1n) is 7.73. The summed E-state index contributed by atoms with van der Waals surface area (Å²) in [4.78, 5) is 0. The van der Waals surface area contributed by atoms with Crippen LogP contribution in [0.2, 0.25) is 0 Å². The van der Waals surface area contributed by atoms with Crippen molar-refractivity contribution in [2.45, 2.75) is 38.1 Å². The van der Waals surface area contributed by atoms with E-state index in [1.165, 1.54) is 45.1 Å². The lowest BCUT2D eigenvalue weighted by Crippen LogP contribution is -2.19. The van der Waals surface area contributed by atoms with Gasteiger partial charge in [-0.15, -0.1) is 0 Å². The van der Waals surface area contributed by atoms with Gasteiger partial charge in [0, 0.05) is 3.57 Å². The summed E-state index contributed by atoms with van der Waals surface area (Å²) in [6.07, 6.45) is 4.10. The molecule has 1 saturated carbocycles. The third-order valence-corrected chi connectivity index (χ3v) is 6.12. The van der Waals surface area contributed by atoms with Gasteiger partial charge in [0.15, 0.2) is 0 Å². The van der Waals surface area contributed by atoms with Crippen LogP contribution in [0.3, 0.4) is 0 Å². The number of hydrogen-bond donors (Lipinski definition) is 1. The van der Waals surface area contributed by atoms with Gasteiger partial charge in [-0.25, -0.2) is 0 Å². The third-order valence-electron chi connectivity index (χ3n) is 4.64. The van der Waals surface area contributed by atoms with Gasteiger partial charge in [0.1, 0.15) is 0 Å². The summed E-state index contributed by atoms with van der Waals surface area (Å²) in [5.41, 5.74) is 5.62. The molecule has 1 aliphatic rings. The largest absolute Gasteiger partial charge is 0.309 e. The second kappa shape index (κ2) is 6.49. The van der Waals surface area contributed by atoms with Gasteiger partial charge >= 0.3 is 0 Å². The monoisotopic (exact) mass is 391 g/mol. The summed E-state index contributed by atoms with van der Waals surface area (Å²) in [6, 6.07) is 16.0. The van der Waals surface area contributed by atoms with Gasteiger partial charge in [-0.3, -0.25) is 0 Å². The molecule has 0 heterocycles. The molecule has 1 aliphatic carbocycles. The maximum Gasteiger partial charge on any atom is 0.0584 e. The average molecular weight is 391 g/mol. The first-order chi connectivity index (χ1) is 10.2. The Balaban J connectivity index is 1.97. The van der Waals surface area contributed by atoms with Crippen molar-refractivity contribution in [1.82, 2.24) is 5.32 Å². The quantitative estimate of drug-likeness (QED) is 0.709. The van der Waals surface area contributed by atoms with E-state index in [0.717, 1.165) is 5.92 Å². The predicted octanol–water partition coefficient (Wildman–Crippen LogP) is 5.18. The van der Waals surface area contributed by atoms with Crippen LogP contribution in [0.25, 0.3) is 0 Å². The average Bonchev–Trinajstić information content (AvgIpc) is 2.43. The van der Waals surface area contributed by atoms with Crippen LogP contribution in [0.15, 0.2) is 42.5 Å². The van der Waals surface area contributed by atoms with Gasteiger partial charge in [0.05, 0.1) is 6.04 Å². The van der Waals surface area contributed by atoms with E-state index in [-0.39, 0.29) is 6.04 Å². The molecule has 0 saturated heterocycles. The molecule has 110 valence electrons. The molecule has 21 heavy (non-hydrogen) atoms. The van der Waals surface area contributed by atoms with E-state index in [1.54, 1.807) is 0 Å². The summed E-state index contributed by atoms with van der Waals surface area (Å²) in [6.45, 7) is 2.18. The van der Waals surface area contributed by atoms with Crippen molar-refractivity contribution in [3.8, 4) is 0 Å². The summed E-state index contributed by atoms with van der Waals surface area (Å²) in [5, 5.41) is 3.50. The fraction of sp³-hybridized carbons (Fsp3) is 0.368. The number of benzene rings is 2. The van der Waals surface area contributed by atoms with Crippen LogP contribution in [-0.4, -0.2) is 7.05 Å². The molecule has 2 heteroatoms. The number of halogens is 1. The Bertz CT molecular complexity index is 631. The Hall–Kier alpha value is -0.870. The van der Waals surface area contributed by atoms with Gasteiger partial charge in [-0.2, -0.15) is 0 Å². The highest BCUT2D eigenvalue weighted by Gasteiger charge is 2.21. The summed E-state index contributed by atoms with van der Waals surface area (Å²) < 4.78 is 1.36. The Kier molecular flexibility index (Phi) is 4.65. The molecular weight excluding hydrogens is 369 g/mol. The molecule has 0 radical (unpaired) electrons. The molecule has 1 atom stereocenters. The first-order valence-corrected chi connectivity index (χ1v) is 8.80. The molecular formula is C19H22IN. The predicted molar refractivity (Wildman–Crippen MR) is 97.8 cm³/mol. The van der Waals surface area contributed by atoms with Gasteiger partial charge in [-0.1, -0.05) is 48.9 Å².